The summed E-state index contributed by atoms with van der Waals surface area (Å²) in [5.74, 6) is 0.339. The Bertz CT molecular complexity index is 714. The Labute approximate surface area is 158 Å². The summed E-state index contributed by atoms with van der Waals surface area (Å²) in [7, 11) is -1.06. The Balaban J connectivity index is 1.72. The second-order valence-electron chi connectivity index (χ2n) is 7.91. The Kier molecular flexibility index (Phi) is 5.63. The third-order valence-corrected chi connectivity index (χ3v) is 7.20. The summed E-state index contributed by atoms with van der Waals surface area (Å²) < 4.78 is 9.06. The molecular weight excluding hydrogens is 433 g/mol. The zero-order valence-electron chi connectivity index (χ0n) is 14.6. The number of fused-ring (bicyclic) bond motifs is 1. The molecule has 1 fully saturated rings. The molecule has 0 bridgehead atoms. The van der Waals surface area contributed by atoms with E-state index in [2.05, 4.69) is 57.8 Å². The Morgan fingerprint density at radius 2 is 2.17 bits per heavy atom. The summed E-state index contributed by atoms with van der Waals surface area (Å²) >= 11 is 2.32. The van der Waals surface area contributed by atoms with Gasteiger partial charge < -0.3 is 9.84 Å². The fourth-order valence-corrected chi connectivity index (χ4v) is 4.51. The number of rotatable bonds is 6. The molecule has 24 heavy (non-hydrogen) atoms. The fourth-order valence-electron chi connectivity index (χ4n) is 3.09. The van der Waals surface area contributed by atoms with Crippen molar-refractivity contribution in [2.24, 2.45) is 0 Å². The summed E-state index contributed by atoms with van der Waals surface area (Å²) in [4.78, 5) is 9.43. The third-order valence-electron chi connectivity index (χ3n) is 4.61. The predicted octanol–water partition coefficient (Wildman–Crippen LogP) is 3.98. The first-order valence-corrected chi connectivity index (χ1v) is 13.4. The predicted molar refractivity (Wildman–Crippen MR) is 107 cm³/mol. The molecule has 1 aliphatic rings. The molecule has 0 aromatic carbocycles. The zero-order valence-corrected chi connectivity index (χ0v) is 17.8. The van der Waals surface area contributed by atoms with Gasteiger partial charge in [-0.05, 0) is 54.0 Å². The second kappa shape index (κ2) is 7.39. The van der Waals surface area contributed by atoms with Crippen LogP contribution in [0.2, 0.25) is 25.7 Å². The van der Waals surface area contributed by atoms with Gasteiger partial charge in [-0.15, -0.1) is 0 Å². The van der Waals surface area contributed by atoms with Gasteiger partial charge in [0.25, 0.3) is 0 Å². The SMILES string of the molecule is C[Si](C)(C)CCOCn1c(I)cc2nc([C@H]3CC[C@@H](O)C3)cnc21. The topological polar surface area (TPSA) is 60.2 Å². The van der Waals surface area contributed by atoms with Crippen molar-refractivity contribution in [3.63, 3.8) is 0 Å². The monoisotopic (exact) mass is 459 g/mol. The van der Waals surface area contributed by atoms with Crippen LogP contribution in [0.3, 0.4) is 0 Å². The van der Waals surface area contributed by atoms with Crippen molar-refractivity contribution >= 4 is 41.8 Å². The fraction of sp³-hybridized carbons (Fsp3) is 0.647. The number of halogens is 1. The Morgan fingerprint density at radius 3 is 2.83 bits per heavy atom. The quantitative estimate of drug-likeness (QED) is 0.404. The molecule has 0 amide bonds. The lowest BCUT2D eigenvalue weighted by Gasteiger charge is -2.16. The van der Waals surface area contributed by atoms with Crippen molar-refractivity contribution in [3.8, 4) is 0 Å². The normalized spacial score (nSPS) is 21.7. The van der Waals surface area contributed by atoms with E-state index in [1.54, 1.807) is 0 Å². The third kappa shape index (κ3) is 4.36. The lowest BCUT2D eigenvalue weighted by Crippen LogP contribution is -2.22. The van der Waals surface area contributed by atoms with Crippen molar-refractivity contribution in [2.45, 2.75) is 63.7 Å². The minimum Gasteiger partial charge on any atom is -0.393 e. The van der Waals surface area contributed by atoms with E-state index in [1.807, 2.05) is 6.20 Å². The molecule has 0 spiro atoms. The van der Waals surface area contributed by atoms with Crippen molar-refractivity contribution in [1.82, 2.24) is 14.5 Å². The van der Waals surface area contributed by atoms with Crippen LogP contribution in [0.4, 0.5) is 0 Å². The van der Waals surface area contributed by atoms with Crippen molar-refractivity contribution in [3.05, 3.63) is 21.7 Å². The molecule has 0 aliphatic heterocycles. The molecular formula is C17H26IN3O2Si. The van der Waals surface area contributed by atoms with Crippen molar-refractivity contribution in [1.29, 1.82) is 0 Å². The molecule has 5 nitrogen and oxygen atoms in total. The van der Waals surface area contributed by atoms with Gasteiger partial charge in [-0.3, -0.25) is 4.57 Å². The summed E-state index contributed by atoms with van der Waals surface area (Å²) in [6, 6.07) is 3.24. The molecule has 3 rings (SSSR count). The standard InChI is InChI=1S/C17H26IN3O2Si/c1-24(2,3)7-6-23-11-21-16(18)9-14-17(21)19-10-15(20-14)12-4-5-13(22)8-12/h9-10,12-13,22H,4-8,11H2,1-3H3/t12-,13+/m0/s1. The van der Waals surface area contributed by atoms with Crippen LogP contribution in [0.5, 0.6) is 0 Å². The molecule has 2 aromatic rings. The van der Waals surface area contributed by atoms with Crippen LogP contribution in [0.25, 0.3) is 11.2 Å². The van der Waals surface area contributed by atoms with E-state index in [0.29, 0.717) is 12.6 Å². The maximum Gasteiger partial charge on any atom is 0.161 e. The Morgan fingerprint density at radius 1 is 1.38 bits per heavy atom. The summed E-state index contributed by atoms with van der Waals surface area (Å²) in [5.41, 5.74) is 2.81. The van der Waals surface area contributed by atoms with Gasteiger partial charge in [0.15, 0.2) is 5.65 Å². The van der Waals surface area contributed by atoms with Gasteiger partial charge in [0.2, 0.25) is 0 Å². The van der Waals surface area contributed by atoms with Crippen LogP contribution in [0.1, 0.15) is 30.9 Å². The van der Waals surface area contributed by atoms with Gasteiger partial charge in [-0.1, -0.05) is 19.6 Å². The van der Waals surface area contributed by atoms with E-state index in [9.17, 15) is 5.11 Å². The number of hydrogen-bond donors (Lipinski definition) is 1. The highest BCUT2D eigenvalue weighted by Crippen LogP contribution is 2.34. The van der Waals surface area contributed by atoms with Crippen molar-refractivity contribution in [2.75, 3.05) is 6.61 Å². The summed E-state index contributed by atoms with van der Waals surface area (Å²) in [5, 5.41) is 9.73. The van der Waals surface area contributed by atoms with E-state index in [-0.39, 0.29) is 6.10 Å². The molecule has 0 radical (unpaired) electrons. The van der Waals surface area contributed by atoms with Crippen LogP contribution in [-0.2, 0) is 11.5 Å². The number of aliphatic hydroxyl groups is 1. The molecule has 2 heterocycles. The van der Waals surface area contributed by atoms with E-state index in [0.717, 1.165) is 46.4 Å². The van der Waals surface area contributed by atoms with Gasteiger partial charge in [0, 0.05) is 20.6 Å². The van der Waals surface area contributed by atoms with Crippen LogP contribution >= 0.6 is 22.6 Å². The van der Waals surface area contributed by atoms with Gasteiger partial charge in [-0.25, -0.2) is 9.97 Å². The summed E-state index contributed by atoms with van der Waals surface area (Å²) in [6.45, 7) is 8.41. The first kappa shape index (κ1) is 18.3. The molecule has 1 saturated carbocycles. The van der Waals surface area contributed by atoms with Crippen LogP contribution < -0.4 is 0 Å². The van der Waals surface area contributed by atoms with Gasteiger partial charge in [0.1, 0.15) is 12.2 Å². The average molecular weight is 459 g/mol. The molecule has 2 aromatic heterocycles. The average Bonchev–Trinajstić information content (AvgIpc) is 3.05. The van der Waals surface area contributed by atoms with Gasteiger partial charge in [-0.2, -0.15) is 0 Å². The molecule has 0 unspecified atom stereocenters. The highest BCUT2D eigenvalue weighted by Gasteiger charge is 2.26. The Hall–Kier alpha value is -0.513. The first-order chi connectivity index (χ1) is 11.3. The van der Waals surface area contributed by atoms with Crippen molar-refractivity contribution < 1.29 is 9.84 Å². The molecule has 2 atom stereocenters. The van der Waals surface area contributed by atoms with Gasteiger partial charge >= 0.3 is 0 Å². The maximum absolute atomic E-state index is 9.73. The molecule has 132 valence electrons. The largest absolute Gasteiger partial charge is 0.393 e. The maximum atomic E-state index is 9.73. The highest BCUT2D eigenvalue weighted by atomic mass is 127. The van der Waals surface area contributed by atoms with E-state index < -0.39 is 8.07 Å². The summed E-state index contributed by atoms with van der Waals surface area (Å²) in [6.07, 6.45) is 4.36. The molecule has 1 aliphatic carbocycles. The highest BCUT2D eigenvalue weighted by molar-refractivity contribution is 14.1. The molecule has 0 saturated heterocycles. The lowest BCUT2D eigenvalue weighted by molar-refractivity contribution is 0.0883. The van der Waals surface area contributed by atoms with Crippen LogP contribution in [0.15, 0.2) is 12.3 Å². The lowest BCUT2D eigenvalue weighted by atomic mass is 10.0. The van der Waals surface area contributed by atoms with Crippen LogP contribution in [0, 0.1) is 3.70 Å². The number of aromatic nitrogens is 3. The van der Waals surface area contributed by atoms with E-state index in [1.165, 1.54) is 6.04 Å². The van der Waals surface area contributed by atoms with Crippen LogP contribution in [-0.4, -0.2) is 40.4 Å². The first-order valence-electron chi connectivity index (χ1n) is 8.61. The second-order valence-corrected chi connectivity index (χ2v) is 14.6. The smallest absolute Gasteiger partial charge is 0.161 e. The zero-order chi connectivity index (χ0) is 17.3. The number of aliphatic hydroxyl groups excluding tert-OH is 1. The number of ether oxygens (including phenoxy) is 1. The minimum absolute atomic E-state index is 0.183. The number of hydrogen-bond acceptors (Lipinski definition) is 4. The van der Waals surface area contributed by atoms with E-state index >= 15 is 0 Å². The van der Waals surface area contributed by atoms with Gasteiger partial charge in [0.05, 0.1) is 21.7 Å². The molecule has 7 heteroatoms. The minimum atomic E-state index is -1.06. The number of nitrogens with zero attached hydrogens (tertiary/aromatic N) is 3. The van der Waals surface area contributed by atoms with E-state index in [4.69, 9.17) is 9.72 Å². The molecule has 1 N–H and O–H groups in total.